The van der Waals surface area contributed by atoms with Gasteiger partial charge in [0.25, 0.3) is 5.91 Å². The summed E-state index contributed by atoms with van der Waals surface area (Å²) in [5.74, 6) is 1.11. The molecular formula is C20H25N3O6S. The minimum absolute atomic E-state index is 0.347. The van der Waals surface area contributed by atoms with Gasteiger partial charge in [-0.2, -0.15) is 5.10 Å². The quantitative estimate of drug-likeness (QED) is 0.452. The van der Waals surface area contributed by atoms with E-state index in [0.717, 1.165) is 10.6 Å². The van der Waals surface area contributed by atoms with Crippen LogP contribution in [0.4, 0.5) is 5.69 Å². The van der Waals surface area contributed by atoms with Crippen LogP contribution in [0.5, 0.6) is 17.2 Å². The molecule has 10 heteroatoms. The van der Waals surface area contributed by atoms with Crippen LogP contribution in [-0.2, 0) is 14.8 Å². The zero-order valence-electron chi connectivity index (χ0n) is 17.3. The molecule has 0 radical (unpaired) electrons. The molecule has 9 nitrogen and oxygen atoms in total. The van der Waals surface area contributed by atoms with Crippen LogP contribution >= 0.6 is 0 Å². The number of hydrogen-bond donors (Lipinski definition) is 1. The van der Waals surface area contributed by atoms with Crippen LogP contribution in [0.3, 0.4) is 0 Å². The Hall–Kier alpha value is -3.27. The minimum Gasteiger partial charge on any atom is -0.494 e. The topological polar surface area (TPSA) is 107 Å². The lowest BCUT2D eigenvalue weighted by molar-refractivity contribution is -0.119. The highest BCUT2D eigenvalue weighted by molar-refractivity contribution is 7.92. The van der Waals surface area contributed by atoms with Crippen molar-refractivity contribution in [2.24, 2.45) is 5.10 Å². The number of ether oxygens (including phenoxy) is 3. The van der Waals surface area contributed by atoms with Gasteiger partial charge in [-0.25, -0.2) is 13.8 Å². The van der Waals surface area contributed by atoms with Gasteiger partial charge in [0, 0.05) is 0 Å². The second-order valence-corrected chi connectivity index (χ2v) is 8.01. The summed E-state index contributed by atoms with van der Waals surface area (Å²) in [5, 5.41) is 3.88. The Balaban J connectivity index is 2.07. The van der Waals surface area contributed by atoms with Crippen LogP contribution in [-0.4, -0.2) is 54.2 Å². The average molecular weight is 436 g/mol. The van der Waals surface area contributed by atoms with Crippen molar-refractivity contribution in [3.05, 3.63) is 48.0 Å². The predicted molar refractivity (Wildman–Crippen MR) is 115 cm³/mol. The smallest absolute Gasteiger partial charge is 0.260 e. The zero-order chi connectivity index (χ0) is 22.1. The first-order valence-electron chi connectivity index (χ1n) is 9.03. The Bertz CT molecular complexity index is 990. The van der Waals surface area contributed by atoms with E-state index >= 15 is 0 Å². The van der Waals surface area contributed by atoms with Gasteiger partial charge in [-0.15, -0.1) is 0 Å². The van der Waals surface area contributed by atoms with Crippen LogP contribution < -0.4 is 23.9 Å². The Morgan fingerprint density at radius 2 is 1.77 bits per heavy atom. The van der Waals surface area contributed by atoms with Crippen LogP contribution in [0.15, 0.2) is 47.6 Å². The van der Waals surface area contributed by atoms with Gasteiger partial charge >= 0.3 is 0 Å². The van der Waals surface area contributed by atoms with E-state index in [9.17, 15) is 13.2 Å². The van der Waals surface area contributed by atoms with Gasteiger partial charge in [-0.3, -0.25) is 9.10 Å². The fourth-order valence-corrected chi connectivity index (χ4v) is 3.41. The second kappa shape index (κ2) is 10.5. The largest absolute Gasteiger partial charge is 0.494 e. The molecule has 0 saturated heterocycles. The van der Waals surface area contributed by atoms with Crippen LogP contribution in [0.25, 0.3) is 0 Å². The Kier molecular flexibility index (Phi) is 8.05. The molecule has 0 aliphatic rings. The molecular weight excluding hydrogens is 410 g/mol. The number of nitrogens with zero attached hydrogens (tertiary/aromatic N) is 2. The van der Waals surface area contributed by atoms with E-state index in [1.807, 2.05) is 6.92 Å². The molecule has 30 heavy (non-hydrogen) atoms. The number of hydrogen-bond acceptors (Lipinski definition) is 7. The van der Waals surface area contributed by atoms with E-state index in [-0.39, 0.29) is 0 Å². The first kappa shape index (κ1) is 23.0. The highest BCUT2D eigenvalue weighted by atomic mass is 32.2. The number of carbonyl (C=O) groups is 1. The summed E-state index contributed by atoms with van der Waals surface area (Å²) in [7, 11) is -0.636. The molecule has 0 spiro atoms. The van der Waals surface area contributed by atoms with Crippen molar-refractivity contribution >= 4 is 27.8 Å². The van der Waals surface area contributed by atoms with E-state index in [1.54, 1.807) is 42.5 Å². The minimum atomic E-state index is -3.68. The Labute approximate surface area is 176 Å². The maximum Gasteiger partial charge on any atom is 0.260 e. The zero-order valence-corrected chi connectivity index (χ0v) is 18.1. The third kappa shape index (κ3) is 6.38. The van der Waals surface area contributed by atoms with Gasteiger partial charge in [0.15, 0.2) is 11.5 Å². The van der Waals surface area contributed by atoms with E-state index < -0.39 is 22.5 Å². The number of carbonyl (C=O) groups excluding carboxylic acids is 1. The molecule has 0 fully saturated rings. The van der Waals surface area contributed by atoms with Gasteiger partial charge in [-0.1, -0.05) is 0 Å². The standard InChI is InChI=1S/C20H25N3O6S/c1-5-29-17-9-7-16(8-10-17)23(30(4,25)26)14-20(24)22-21-13-15-6-11-18(27-2)19(12-15)28-3/h6-13H,5,14H2,1-4H3,(H,22,24)/b21-13-. The highest BCUT2D eigenvalue weighted by Crippen LogP contribution is 2.26. The summed E-state index contributed by atoms with van der Waals surface area (Å²) in [6.45, 7) is 1.93. The number of rotatable bonds is 10. The highest BCUT2D eigenvalue weighted by Gasteiger charge is 2.20. The molecule has 0 aliphatic carbocycles. The fourth-order valence-electron chi connectivity index (χ4n) is 2.55. The number of nitrogens with one attached hydrogen (secondary N) is 1. The van der Waals surface area contributed by atoms with Crippen molar-refractivity contribution in [3.63, 3.8) is 0 Å². The summed E-state index contributed by atoms with van der Waals surface area (Å²) in [5.41, 5.74) is 3.34. The molecule has 1 N–H and O–H groups in total. The molecule has 0 heterocycles. The van der Waals surface area contributed by atoms with Crippen molar-refractivity contribution in [1.82, 2.24) is 5.43 Å². The number of methoxy groups -OCH3 is 2. The molecule has 0 bridgehead atoms. The number of sulfonamides is 1. The number of hydrazone groups is 1. The molecule has 2 aromatic carbocycles. The van der Waals surface area contributed by atoms with E-state index in [0.29, 0.717) is 35.1 Å². The Morgan fingerprint density at radius 3 is 2.33 bits per heavy atom. The monoisotopic (exact) mass is 435 g/mol. The summed E-state index contributed by atoms with van der Waals surface area (Å²) in [6.07, 6.45) is 2.45. The Morgan fingerprint density at radius 1 is 1.10 bits per heavy atom. The van der Waals surface area contributed by atoms with Gasteiger partial charge < -0.3 is 14.2 Å². The van der Waals surface area contributed by atoms with Gasteiger partial charge in [0.05, 0.1) is 39.0 Å². The molecule has 0 aromatic heterocycles. The molecule has 0 atom stereocenters. The van der Waals surface area contributed by atoms with E-state index in [1.165, 1.54) is 20.4 Å². The summed E-state index contributed by atoms with van der Waals surface area (Å²) >= 11 is 0. The molecule has 0 unspecified atom stereocenters. The third-order valence-electron chi connectivity index (χ3n) is 3.93. The molecule has 0 saturated carbocycles. The van der Waals surface area contributed by atoms with Crippen LogP contribution in [0.2, 0.25) is 0 Å². The number of benzene rings is 2. The molecule has 0 aliphatic heterocycles. The number of anilines is 1. The summed E-state index contributed by atoms with van der Waals surface area (Å²) < 4.78 is 41.0. The lowest BCUT2D eigenvalue weighted by Crippen LogP contribution is -2.39. The third-order valence-corrected chi connectivity index (χ3v) is 5.07. The molecule has 2 rings (SSSR count). The molecule has 162 valence electrons. The van der Waals surface area contributed by atoms with Crippen molar-refractivity contribution in [2.45, 2.75) is 6.92 Å². The maximum absolute atomic E-state index is 12.3. The second-order valence-electron chi connectivity index (χ2n) is 6.10. The summed E-state index contributed by atoms with van der Waals surface area (Å²) in [4.78, 5) is 12.3. The predicted octanol–water partition coefficient (Wildman–Crippen LogP) is 2.02. The van der Waals surface area contributed by atoms with Crippen molar-refractivity contribution in [1.29, 1.82) is 0 Å². The first-order chi connectivity index (χ1) is 14.3. The van der Waals surface area contributed by atoms with Gasteiger partial charge in [-0.05, 0) is 55.0 Å². The SMILES string of the molecule is CCOc1ccc(N(CC(=O)N/N=C\c2ccc(OC)c(OC)c2)S(C)(=O)=O)cc1. The van der Waals surface area contributed by atoms with Crippen molar-refractivity contribution < 1.29 is 27.4 Å². The van der Waals surface area contributed by atoms with Crippen LogP contribution in [0, 0.1) is 0 Å². The normalized spacial score (nSPS) is 11.2. The van der Waals surface area contributed by atoms with E-state index in [2.05, 4.69) is 10.5 Å². The molecule has 1 amide bonds. The lowest BCUT2D eigenvalue weighted by atomic mass is 10.2. The fraction of sp³-hybridized carbons (Fsp3) is 0.300. The van der Waals surface area contributed by atoms with Gasteiger partial charge in [0.2, 0.25) is 10.0 Å². The van der Waals surface area contributed by atoms with Crippen LogP contribution in [0.1, 0.15) is 12.5 Å². The number of amides is 1. The van der Waals surface area contributed by atoms with Crippen molar-refractivity contribution in [2.75, 3.05) is 37.9 Å². The average Bonchev–Trinajstić information content (AvgIpc) is 2.72. The summed E-state index contributed by atoms with van der Waals surface area (Å²) in [6, 6.07) is 11.6. The van der Waals surface area contributed by atoms with Gasteiger partial charge in [0.1, 0.15) is 12.3 Å². The van der Waals surface area contributed by atoms with E-state index in [4.69, 9.17) is 14.2 Å². The van der Waals surface area contributed by atoms with Crippen molar-refractivity contribution in [3.8, 4) is 17.2 Å². The first-order valence-corrected chi connectivity index (χ1v) is 10.9. The maximum atomic E-state index is 12.3. The molecule has 2 aromatic rings. The lowest BCUT2D eigenvalue weighted by Gasteiger charge is -2.21.